The molecule has 5 nitrogen and oxygen atoms in total. The molecule has 2 N–H and O–H groups in total. The van der Waals surface area contributed by atoms with Crippen molar-refractivity contribution in [3.05, 3.63) is 41.2 Å². The second-order valence-corrected chi connectivity index (χ2v) is 4.14. The van der Waals surface area contributed by atoms with Crippen LogP contribution in [-0.4, -0.2) is 20.8 Å². The van der Waals surface area contributed by atoms with E-state index in [2.05, 4.69) is 10.4 Å². The standard InChI is InChI=1S/C12H12ClN3O2/c1-2-16-7-8(6-14-16)12(18)15-10-5-9(13)3-4-11(10)17/h3-7,17H,2H2,1H3,(H,15,18). The van der Waals surface area contributed by atoms with E-state index in [0.717, 1.165) is 0 Å². The fourth-order valence-electron chi connectivity index (χ4n) is 1.46. The lowest BCUT2D eigenvalue weighted by Crippen LogP contribution is -2.11. The van der Waals surface area contributed by atoms with Crippen molar-refractivity contribution in [2.75, 3.05) is 5.32 Å². The lowest BCUT2D eigenvalue weighted by atomic mass is 10.2. The van der Waals surface area contributed by atoms with Crippen molar-refractivity contribution in [3.63, 3.8) is 0 Å². The number of aromatic nitrogens is 2. The molecule has 0 aliphatic rings. The first kappa shape index (κ1) is 12.4. The fraction of sp³-hybridized carbons (Fsp3) is 0.167. The Morgan fingerprint density at radius 1 is 1.56 bits per heavy atom. The van der Waals surface area contributed by atoms with Crippen LogP contribution >= 0.6 is 11.6 Å². The number of rotatable bonds is 3. The predicted molar refractivity (Wildman–Crippen MR) is 69.0 cm³/mol. The Morgan fingerprint density at radius 3 is 3.00 bits per heavy atom. The van der Waals surface area contributed by atoms with Crippen molar-refractivity contribution >= 4 is 23.2 Å². The lowest BCUT2D eigenvalue weighted by molar-refractivity contribution is 0.102. The van der Waals surface area contributed by atoms with Gasteiger partial charge in [0.25, 0.3) is 5.91 Å². The van der Waals surface area contributed by atoms with E-state index in [9.17, 15) is 9.90 Å². The van der Waals surface area contributed by atoms with Crippen LogP contribution in [0.3, 0.4) is 0 Å². The van der Waals surface area contributed by atoms with E-state index in [-0.39, 0.29) is 17.3 Å². The molecule has 0 saturated carbocycles. The van der Waals surface area contributed by atoms with Gasteiger partial charge in [0.1, 0.15) is 5.75 Å². The van der Waals surface area contributed by atoms with Crippen LogP contribution in [0.5, 0.6) is 5.75 Å². The number of phenols is 1. The Hall–Kier alpha value is -2.01. The van der Waals surface area contributed by atoms with E-state index >= 15 is 0 Å². The molecule has 2 aromatic rings. The zero-order chi connectivity index (χ0) is 13.1. The minimum Gasteiger partial charge on any atom is -0.506 e. The van der Waals surface area contributed by atoms with E-state index in [1.807, 2.05) is 6.92 Å². The molecule has 0 saturated heterocycles. The van der Waals surface area contributed by atoms with Crippen LogP contribution in [-0.2, 0) is 6.54 Å². The summed E-state index contributed by atoms with van der Waals surface area (Å²) in [4.78, 5) is 11.9. The summed E-state index contributed by atoms with van der Waals surface area (Å²) < 4.78 is 1.65. The third-order valence-electron chi connectivity index (χ3n) is 2.43. The summed E-state index contributed by atoms with van der Waals surface area (Å²) in [6.45, 7) is 2.62. The van der Waals surface area contributed by atoms with Gasteiger partial charge in [-0.15, -0.1) is 0 Å². The van der Waals surface area contributed by atoms with Crippen LogP contribution in [0.4, 0.5) is 5.69 Å². The van der Waals surface area contributed by atoms with Gasteiger partial charge in [-0.05, 0) is 25.1 Å². The molecule has 2 rings (SSSR count). The number of anilines is 1. The molecule has 1 heterocycles. The van der Waals surface area contributed by atoms with E-state index in [4.69, 9.17) is 11.6 Å². The van der Waals surface area contributed by atoms with E-state index in [1.165, 1.54) is 18.3 Å². The number of nitrogens with one attached hydrogen (secondary N) is 1. The summed E-state index contributed by atoms with van der Waals surface area (Å²) in [6, 6.07) is 4.45. The van der Waals surface area contributed by atoms with Crippen LogP contribution in [0.1, 0.15) is 17.3 Å². The first-order valence-electron chi connectivity index (χ1n) is 5.42. The summed E-state index contributed by atoms with van der Waals surface area (Å²) in [6.07, 6.45) is 3.11. The average molecular weight is 266 g/mol. The summed E-state index contributed by atoms with van der Waals surface area (Å²) in [5.41, 5.74) is 0.702. The first-order chi connectivity index (χ1) is 8.60. The molecule has 0 aliphatic heterocycles. The average Bonchev–Trinajstić information content (AvgIpc) is 2.82. The zero-order valence-electron chi connectivity index (χ0n) is 9.72. The maximum absolute atomic E-state index is 11.9. The second kappa shape index (κ2) is 5.10. The van der Waals surface area contributed by atoms with Crippen LogP contribution in [0.15, 0.2) is 30.6 Å². The molecule has 0 atom stereocenters. The van der Waals surface area contributed by atoms with Crippen LogP contribution in [0.25, 0.3) is 0 Å². The third-order valence-corrected chi connectivity index (χ3v) is 2.66. The van der Waals surface area contributed by atoms with Crippen LogP contribution in [0.2, 0.25) is 5.02 Å². The number of aryl methyl sites for hydroxylation is 1. The zero-order valence-corrected chi connectivity index (χ0v) is 10.5. The molecule has 1 aromatic carbocycles. The molecule has 0 aliphatic carbocycles. The van der Waals surface area contributed by atoms with Crippen molar-refractivity contribution < 1.29 is 9.90 Å². The number of nitrogens with zero attached hydrogens (tertiary/aromatic N) is 2. The molecule has 1 amide bonds. The van der Waals surface area contributed by atoms with Crippen molar-refractivity contribution in [1.82, 2.24) is 9.78 Å². The molecule has 0 spiro atoms. The van der Waals surface area contributed by atoms with Gasteiger partial charge in [0.05, 0.1) is 17.4 Å². The molecular formula is C12H12ClN3O2. The van der Waals surface area contributed by atoms with Gasteiger partial charge in [-0.3, -0.25) is 9.48 Å². The summed E-state index contributed by atoms with van der Waals surface area (Å²) in [5, 5.41) is 16.6. The van der Waals surface area contributed by atoms with Gasteiger partial charge in [0, 0.05) is 17.8 Å². The maximum atomic E-state index is 11.9. The second-order valence-electron chi connectivity index (χ2n) is 3.70. The van der Waals surface area contributed by atoms with Crippen molar-refractivity contribution in [3.8, 4) is 5.75 Å². The predicted octanol–water partition coefficient (Wildman–Crippen LogP) is 2.51. The Labute approximate surface area is 109 Å². The highest BCUT2D eigenvalue weighted by Gasteiger charge is 2.11. The van der Waals surface area contributed by atoms with Gasteiger partial charge in [-0.1, -0.05) is 11.6 Å². The number of benzene rings is 1. The van der Waals surface area contributed by atoms with E-state index in [0.29, 0.717) is 17.1 Å². The number of phenolic OH excluding ortho intramolecular Hbond substituents is 1. The minimum atomic E-state index is -0.340. The van der Waals surface area contributed by atoms with E-state index in [1.54, 1.807) is 16.9 Å². The van der Waals surface area contributed by atoms with Gasteiger partial charge < -0.3 is 10.4 Å². The number of aromatic hydroxyl groups is 1. The Balaban J connectivity index is 2.18. The van der Waals surface area contributed by atoms with Crippen molar-refractivity contribution in [2.24, 2.45) is 0 Å². The van der Waals surface area contributed by atoms with Crippen LogP contribution < -0.4 is 5.32 Å². The Kier molecular flexibility index (Phi) is 3.53. The molecule has 0 bridgehead atoms. The highest BCUT2D eigenvalue weighted by molar-refractivity contribution is 6.31. The number of carbonyl (C=O) groups excluding carboxylic acids is 1. The molecule has 0 fully saturated rings. The normalized spacial score (nSPS) is 10.3. The minimum absolute atomic E-state index is 0.0318. The van der Waals surface area contributed by atoms with Crippen molar-refractivity contribution in [1.29, 1.82) is 0 Å². The number of hydrogen-bond donors (Lipinski definition) is 2. The molecule has 6 heteroatoms. The van der Waals surface area contributed by atoms with E-state index < -0.39 is 0 Å². The molecule has 18 heavy (non-hydrogen) atoms. The van der Waals surface area contributed by atoms with Gasteiger partial charge in [-0.2, -0.15) is 5.10 Å². The van der Waals surface area contributed by atoms with Crippen LogP contribution in [0, 0.1) is 0 Å². The summed E-state index contributed by atoms with van der Waals surface area (Å²) >= 11 is 5.79. The van der Waals surface area contributed by atoms with Gasteiger partial charge in [0.15, 0.2) is 0 Å². The van der Waals surface area contributed by atoms with Crippen molar-refractivity contribution in [2.45, 2.75) is 13.5 Å². The molecule has 1 aromatic heterocycles. The monoisotopic (exact) mass is 265 g/mol. The van der Waals surface area contributed by atoms with Gasteiger partial charge >= 0.3 is 0 Å². The van der Waals surface area contributed by atoms with Gasteiger partial charge in [-0.25, -0.2) is 0 Å². The summed E-state index contributed by atoms with van der Waals surface area (Å²) in [7, 11) is 0. The molecule has 0 unspecified atom stereocenters. The number of amides is 1. The highest BCUT2D eigenvalue weighted by atomic mass is 35.5. The lowest BCUT2D eigenvalue weighted by Gasteiger charge is -2.06. The fourth-order valence-corrected chi connectivity index (χ4v) is 1.63. The van der Waals surface area contributed by atoms with Gasteiger partial charge in [0.2, 0.25) is 0 Å². The Bertz CT molecular complexity index is 580. The third kappa shape index (κ3) is 2.62. The smallest absolute Gasteiger partial charge is 0.258 e. The number of hydrogen-bond acceptors (Lipinski definition) is 3. The molecule has 0 radical (unpaired) electrons. The number of carbonyl (C=O) groups is 1. The summed E-state index contributed by atoms with van der Waals surface area (Å²) in [5.74, 6) is -0.372. The number of halogens is 1. The SMILES string of the molecule is CCn1cc(C(=O)Nc2cc(Cl)ccc2O)cn1. The molecule has 94 valence electrons. The maximum Gasteiger partial charge on any atom is 0.258 e. The quantitative estimate of drug-likeness (QED) is 0.838. The largest absolute Gasteiger partial charge is 0.506 e. The first-order valence-corrected chi connectivity index (χ1v) is 5.80. The Morgan fingerprint density at radius 2 is 2.33 bits per heavy atom. The highest BCUT2D eigenvalue weighted by Crippen LogP contribution is 2.26. The topological polar surface area (TPSA) is 67.2 Å². The molecular weight excluding hydrogens is 254 g/mol.